The Morgan fingerprint density at radius 1 is 1.19 bits per heavy atom. The first kappa shape index (κ1) is 24.3. The van der Waals surface area contributed by atoms with Gasteiger partial charge in [0.05, 0.1) is 23.0 Å². The maximum absolute atomic E-state index is 12.6. The highest BCUT2D eigenvalue weighted by atomic mass is 35.5. The van der Waals surface area contributed by atoms with Gasteiger partial charge in [-0.25, -0.2) is 19.9 Å². The largest absolute Gasteiger partial charge is 0.352 e. The van der Waals surface area contributed by atoms with Gasteiger partial charge >= 0.3 is 0 Å². The molecule has 4 aromatic heterocycles. The number of aromatic nitrogens is 6. The van der Waals surface area contributed by atoms with Gasteiger partial charge in [-0.05, 0) is 24.2 Å². The summed E-state index contributed by atoms with van der Waals surface area (Å²) in [6.45, 7) is 7.46. The summed E-state index contributed by atoms with van der Waals surface area (Å²) in [5.41, 5.74) is 2.94. The third-order valence-corrected chi connectivity index (χ3v) is 7.85. The number of carbonyl (C=O) groups excluding carboxylic acids is 1. The van der Waals surface area contributed by atoms with Gasteiger partial charge in [-0.1, -0.05) is 18.5 Å². The highest BCUT2D eigenvalue weighted by molar-refractivity contribution is 7.99. The van der Waals surface area contributed by atoms with Crippen molar-refractivity contribution in [1.82, 2.24) is 45.4 Å². The molecule has 2 aliphatic rings. The second-order valence-corrected chi connectivity index (χ2v) is 10.6. The molecule has 1 amide bonds. The van der Waals surface area contributed by atoms with E-state index >= 15 is 0 Å². The van der Waals surface area contributed by atoms with E-state index < -0.39 is 0 Å². The number of H-pyrrole nitrogens is 1. The molecule has 2 aliphatic heterocycles. The maximum atomic E-state index is 12.6. The lowest BCUT2D eigenvalue weighted by Crippen LogP contribution is -2.61. The third kappa shape index (κ3) is 5.06. The van der Waals surface area contributed by atoms with Crippen LogP contribution in [0.3, 0.4) is 0 Å². The molecular weight excluding hydrogens is 512 g/mol. The number of hydrogen-bond acceptors (Lipinski definition) is 10. The third-order valence-electron chi connectivity index (χ3n) is 6.61. The average Bonchev–Trinajstić information content (AvgIpc) is 3.21. The topological polar surface area (TPSA) is 128 Å². The number of piperazine rings is 1. The summed E-state index contributed by atoms with van der Waals surface area (Å²) in [4.78, 5) is 43.7. The number of nitrogens with zero attached hydrogens (tertiary/aromatic N) is 7. The predicted octanol–water partition coefficient (Wildman–Crippen LogP) is 1.87. The fourth-order valence-electron chi connectivity index (χ4n) is 4.68. The summed E-state index contributed by atoms with van der Waals surface area (Å²) < 4.78 is 0. The number of halogens is 1. The molecule has 0 aromatic carbocycles. The minimum absolute atomic E-state index is 0.0653. The van der Waals surface area contributed by atoms with Crippen LogP contribution in [0.5, 0.6) is 0 Å². The molecule has 0 saturated carbocycles. The summed E-state index contributed by atoms with van der Waals surface area (Å²) >= 11 is 8.16. The van der Waals surface area contributed by atoms with E-state index in [9.17, 15) is 4.79 Å². The summed E-state index contributed by atoms with van der Waals surface area (Å²) in [6.07, 6.45) is 5.78. The Morgan fingerprint density at radius 2 is 2.00 bits per heavy atom. The van der Waals surface area contributed by atoms with E-state index in [0.29, 0.717) is 46.6 Å². The fourth-order valence-corrected chi connectivity index (χ4v) is 5.79. The molecule has 0 unspecified atom stereocenters. The van der Waals surface area contributed by atoms with Crippen molar-refractivity contribution >= 4 is 57.3 Å². The maximum Gasteiger partial charge on any atom is 0.234 e. The smallest absolute Gasteiger partial charge is 0.234 e. The molecular formula is C24H27ClN10OS. The molecule has 4 aromatic rings. The number of pyridine rings is 1. The van der Waals surface area contributed by atoms with Crippen LogP contribution in [0.1, 0.15) is 12.6 Å². The molecule has 0 bridgehead atoms. The molecule has 37 heavy (non-hydrogen) atoms. The van der Waals surface area contributed by atoms with Crippen LogP contribution in [0.15, 0.2) is 34.7 Å². The average molecular weight is 539 g/mol. The Morgan fingerprint density at radius 3 is 2.81 bits per heavy atom. The van der Waals surface area contributed by atoms with Gasteiger partial charge < -0.3 is 20.5 Å². The predicted molar refractivity (Wildman–Crippen MR) is 143 cm³/mol. The quantitative estimate of drug-likeness (QED) is 0.300. The van der Waals surface area contributed by atoms with E-state index in [1.807, 2.05) is 6.07 Å². The number of nitrogens with one attached hydrogen (secondary N) is 3. The molecule has 3 N–H and O–H groups in total. The van der Waals surface area contributed by atoms with Crippen molar-refractivity contribution in [2.24, 2.45) is 0 Å². The normalized spacial score (nSPS) is 16.9. The zero-order valence-corrected chi connectivity index (χ0v) is 21.9. The molecule has 13 heteroatoms. The van der Waals surface area contributed by atoms with Gasteiger partial charge in [0.2, 0.25) is 5.91 Å². The first-order valence-electron chi connectivity index (χ1n) is 12.4. The number of aromatic amines is 1. The number of rotatable bonds is 7. The van der Waals surface area contributed by atoms with Gasteiger partial charge in [0.25, 0.3) is 0 Å². The van der Waals surface area contributed by atoms with Crippen LogP contribution in [0, 0.1) is 0 Å². The van der Waals surface area contributed by atoms with Gasteiger partial charge in [-0.3, -0.25) is 14.7 Å². The van der Waals surface area contributed by atoms with Gasteiger partial charge in [0, 0.05) is 68.4 Å². The van der Waals surface area contributed by atoms with Crippen molar-refractivity contribution in [3.8, 4) is 0 Å². The van der Waals surface area contributed by atoms with Crippen molar-refractivity contribution in [2.45, 2.75) is 29.4 Å². The van der Waals surface area contributed by atoms with Crippen LogP contribution < -0.4 is 15.5 Å². The molecule has 192 valence electrons. The summed E-state index contributed by atoms with van der Waals surface area (Å²) in [7, 11) is 0. The Balaban J connectivity index is 1.21. The molecule has 0 radical (unpaired) electrons. The minimum atomic E-state index is 0.0653. The lowest BCUT2D eigenvalue weighted by atomic mass is 10.1. The van der Waals surface area contributed by atoms with E-state index in [0.717, 1.165) is 54.4 Å². The lowest BCUT2D eigenvalue weighted by molar-refractivity contribution is -0.123. The number of aryl methyl sites for hydroxylation is 1. The molecule has 0 atom stereocenters. The Labute approximate surface area is 222 Å². The molecule has 0 aliphatic carbocycles. The fraction of sp³-hybridized carbons (Fsp3) is 0.417. The molecule has 2 fully saturated rings. The van der Waals surface area contributed by atoms with E-state index in [1.165, 1.54) is 11.8 Å². The molecule has 6 rings (SSSR count). The SMILES string of the molecule is CCc1[nH]c2nc(Sc3cnc4nccnc4c3)nc(N3CC(NC(=O)CN4CCNCC4)C3)c2c1Cl. The Bertz CT molecular complexity index is 1450. The van der Waals surface area contributed by atoms with Crippen LogP contribution >= 0.6 is 23.4 Å². The van der Waals surface area contributed by atoms with Crippen LogP contribution in [0.2, 0.25) is 5.02 Å². The summed E-state index contributed by atoms with van der Waals surface area (Å²) in [5, 5.41) is 8.52. The summed E-state index contributed by atoms with van der Waals surface area (Å²) in [6, 6.07) is 2.00. The van der Waals surface area contributed by atoms with Crippen LogP contribution in [-0.2, 0) is 11.2 Å². The monoisotopic (exact) mass is 538 g/mol. The standard InChI is InChI=1S/C24H27ClN10OS/c1-2-16-20(25)19-22(31-16)32-24(37-15-9-17-21(29-10-15)28-4-3-27-17)33-23(19)35-11-14(12-35)30-18(36)13-34-7-5-26-6-8-34/h3-4,9-10,14,26H,2,5-8,11-13H2,1H3,(H,30,36)(H,31,32,33). The summed E-state index contributed by atoms with van der Waals surface area (Å²) in [5.74, 6) is 0.838. The number of hydrogen-bond donors (Lipinski definition) is 3. The number of anilines is 1. The van der Waals surface area contributed by atoms with Crippen molar-refractivity contribution in [3.05, 3.63) is 35.4 Å². The van der Waals surface area contributed by atoms with Gasteiger partial charge in [0.1, 0.15) is 17.0 Å². The number of fused-ring (bicyclic) bond motifs is 2. The van der Waals surface area contributed by atoms with Crippen molar-refractivity contribution < 1.29 is 4.79 Å². The number of amides is 1. The van der Waals surface area contributed by atoms with E-state index in [4.69, 9.17) is 21.6 Å². The number of carbonyl (C=O) groups is 1. The van der Waals surface area contributed by atoms with Crippen LogP contribution in [0.4, 0.5) is 5.82 Å². The lowest BCUT2D eigenvalue weighted by Gasteiger charge is -2.41. The van der Waals surface area contributed by atoms with Crippen molar-refractivity contribution in [2.75, 3.05) is 50.7 Å². The van der Waals surface area contributed by atoms with Crippen molar-refractivity contribution in [1.29, 1.82) is 0 Å². The van der Waals surface area contributed by atoms with Gasteiger partial charge in [-0.2, -0.15) is 0 Å². The molecule has 0 spiro atoms. The highest BCUT2D eigenvalue weighted by Gasteiger charge is 2.32. The molecule has 2 saturated heterocycles. The zero-order valence-electron chi connectivity index (χ0n) is 20.4. The minimum Gasteiger partial charge on any atom is -0.352 e. The van der Waals surface area contributed by atoms with Crippen molar-refractivity contribution in [3.63, 3.8) is 0 Å². The van der Waals surface area contributed by atoms with E-state index in [1.54, 1.807) is 18.6 Å². The van der Waals surface area contributed by atoms with E-state index in [-0.39, 0.29) is 11.9 Å². The van der Waals surface area contributed by atoms with Crippen LogP contribution in [0.25, 0.3) is 22.2 Å². The highest BCUT2D eigenvalue weighted by Crippen LogP contribution is 2.38. The van der Waals surface area contributed by atoms with Gasteiger partial charge in [0.15, 0.2) is 10.8 Å². The first-order chi connectivity index (χ1) is 18.1. The van der Waals surface area contributed by atoms with E-state index in [2.05, 4.69) is 47.3 Å². The first-order valence-corrected chi connectivity index (χ1v) is 13.6. The van der Waals surface area contributed by atoms with Gasteiger partial charge in [-0.15, -0.1) is 0 Å². The Hall–Kier alpha value is -3.06. The molecule has 11 nitrogen and oxygen atoms in total. The zero-order chi connectivity index (χ0) is 25.4. The molecule has 6 heterocycles. The second-order valence-electron chi connectivity index (χ2n) is 9.19. The Kier molecular flexibility index (Phi) is 6.80. The second kappa shape index (κ2) is 10.4. The van der Waals surface area contributed by atoms with Crippen LogP contribution in [-0.4, -0.2) is 92.6 Å².